The predicted octanol–water partition coefficient (Wildman–Crippen LogP) is 10.7. The van der Waals surface area contributed by atoms with Crippen molar-refractivity contribution in [1.29, 1.82) is 0 Å². The number of benzene rings is 1. The van der Waals surface area contributed by atoms with Crippen molar-refractivity contribution < 1.29 is 0 Å². The van der Waals surface area contributed by atoms with Crippen LogP contribution in [-0.2, 0) is 0 Å². The molecule has 0 heterocycles. The summed E-state index contributed by atoms with van der Waals surface area (Å²) in [5, 5.41) is 0. The van der Waals surface area contributed by atoms with Crippen molar-refractivity contribution in [3.05, 3.63) is 35.9 Å². The van der Waals surface area contributed by atoms with Crippen LogP contribution in [0.1, 0.15) is 167 Å². The van der Waals surface area contributed by atoms with Gasteiger partial charge in [-0.05, 0) is 24.8 Å². The molecule has 0 fully saturated rings. The highest BCUT2D eigenvalue weighted by Gasteiger charge is 2.33. The zero-order chi connectivity index (χ0) is 24.0. The highest BCUT2D eigenvalue weighted by atomic mass is 14.8. The highest BCUT2D eigenvalue weighted by Crippen LogP contribution is 2.37. The number of unbranched alkanes of at least 4 members (excludes halogenated alkanes) is 15. The van der Waals surface area contributed by atoms with Crippen LogP contribution in [0.25, 0.3) is 0 Å². The van der Waals surface area contributed by atoms with Gasteiger partial charge in [0, 0.05) is 11.5 Å². The second kappa shape index (κ2) is 20.5. The lowest BCUT2D eigenvalue weighted by molar-refractivity contribution is 0.275. The lowest BCUT2D eigenvalue weighted by Crippen LogP contribution is -2.45. The number of hydrogen-bond acceptors (Lipinski definition) is 1. The van der Waals surface area contributed by atoms with Crippen LogP contribution in [0.5, 0.6) is 0 Å². The predicted molar refractivity (Wildman–Crippen MR) is 150 cm³/mol. The lowest BCUT2D eigenvalue weighted by atomic mass is 9.72. The van der Waals surface area contributed by atoms with Crippen LogP contribution in [0.3, 0.4) is 0 Å². The van der Waals surface area contributed by atoms with Crippen molar-refractivity contribution >= 4 is 0 Å². The summed E-state index contributed by atoms with van der Waals surface area (Å²) in [6.07, 6.45) is 28.8. The van der Waals surface area contributed by atoms with Gasteiger partial charge in [0.1, 0.15) is 0 Å². The molecular formula is C32H59N. The van der Waals surface area contributed by atoms with Gasteiger partial charge >= 0.3 is 0 Å². The molecule has 1 aromatic rings. The maximum Gasteiger partial charge on any atom is 0.0223 e. The molecule has 0 radical (unpaired) electrons. The van der Waals surface area contributed by atoms with Crippen LogP contribution in [-0.4, -0.2) is 5.54 Å². The molecule has 1 nitrogen and oxygen atoms in total. The Labute approximate surface area is 208 Å². The van der Waals surface area contributed by atoms with E-state index in [1.54, 1.807) is 0 Å². The van der Waals surface area contributed by atoms with Crippen LogP contribution in [0, 0.1) is 0 Å². The summed E-state index contributed by atoms with van der Waals surface area (Å²) >= 11 is 0. The fraction of sp³-hybridized carbons (Fsp3) is 0.812. The monoisotopic (exact) mass is 457 g/mol. The summed E-state index contributed by atoms with van der Waals surface area (Å²) in [5.74, 6) is 0.505. The molecule has 192 valence electrons. The van der Waals surface area contributed by atoms with E-state index in [2.05, 4.69) is 51.1 Å². The van der Waals surface area contributed by atoms with Crippen LogP contribution >= 0.6 is 0 Å². The fourth-order valence-electron chi connectivity index (χ4n) is 5.77. The molecule has 1 atom stereocenters. The van der Waals surface area contributed by atoms with E-state index < -0.39 is 0 Å². The van der Waals surface area contributed by atoms with Crippen molar-refractivity contribution in [2.45, 2.75) is 167 Å². The molecule has 0 aliphatic heterocycles. The smallest absolute Gasteiger partial charge is 0.0223 e. The quantitative estimate of drug-likeness (QED) is 0.162. The Hall–Kier alpha value is -0.820. The fourth-order valence-corrected chi connectivity index (χ4v) is 5.77. The first-order chi connectivity index (χ1) is 16.2. The van der Waals surface area contributed by atoms with E-state index in [-0.39, 0.29) is 5.54 Å². The SMILES string of the molecule is CCCCCCCCCCCCCCCCCCC(c1ccccc1)C(N)(CCC)CCC. The van der Waals surface area contributed by atoms with Crippen LogP contribution in [0.4, 0.5) is 0 Å². The number of rotatable bonds is 23. The minimum Gasteiger partial charge on any atom is -0.325 e. The van der Waals surface area contributed by atoms with Gasteiger partial charge < -0.3 is 5.73 Å². The summed E-state index contributed by atoms with van der Waals surface area (Å²) in [5.41, 5.74) is 8.48. The molecule has 0 aromatic heterocycles. The summed E-state index contributed by atoms with van der Waals surface area (Å²) < 4.78 is 0. The second-order valence-electron chi connectivity index (χ2n) is 10.8. The van der Waals surface area contributed by atoms with Gasteiger partial charge in [-0.15, -0.1) is 0 Å². The largest absolute Gasteiger partial charge is 0.325 e. The Morgan fingerprint density at radius 1 is 0.545 bits per heavy atom. The summed E-state index contributed by atoms with van der Waals surface area (Å²) in [4.78, 5) is 0. The molecular weight excluding hydrogens is 398 g/mol. The minimum atomic E-state index is -0.0413. The first-order valence-corrected chi connectivity index (χ1v) is 15.0. The third kappa shape index (κ3) is 14.2. The summed E-state index contributed by atoms with van der Waals surface area (Å²) in [6.45, 7) is 6.87. The van der Waals surface area contributed by atoms with Crippen molar-refractivity contribution in [3.8, 4) is 0 Å². The Bertz CT molecular complexity index is 517. The first-order valence-electron chi connectivity index (χ1n) is 15.0. The highest BCUT2D eigenvalue weighted by molar-refractivity contribution is 5.24. The van der Waals surface area contributed by atoms with Gasteiger partial charge in [-0.25, -0.2) is 0 Å². The van der Waals surface area contributed by atoms with E-state index in [4.69, 9.17) is 5.73 Å². The molecule has 0 aliphatic rings. The first kappa shape index (κ1) is 30.2. The average Bonchev–Trinajstić information content (AvgIpc) is 2.82. The zero-order valence-corrected chi connectivity index (χ0v) is 22.9. The molecule has 1 rings (SSSR count). The Balaban J connectivity index is 2.15. The normalized spacial score (nSPS) is 12.8. The van der Waals surface area contributed by atoms with E-state index in [0.717, 1.165) is 12.8 Å². The molecule has 0 amide bonds. The van der Waals surface area contributed by atoms with E-state index in [1.165, 1.54) is 128 Å². The van der Waals surface area contributed by atoms with Crippen molar-refractivity contribution in [1.82, 2.24) is 0 Å². The van der Waals surface area contributed by atoms with Gasteiger partial charge in [0.15, 0.2) is 0 Å². The maximum atomic E-state index is 7.06. The number of hydrogen-bond donors (Lipinski definition) is 1. The minimum absolute atomic E-state index is 0.0413. The van der Waals surface area contributed by atoms with E-state index in [9.17, 15) is 0 Å². The summed E-state index contributed by atoms with van der Waals surface area (Å²) in [6, 6.07) is 11.1. The lowest BCUT2D eigenvalue weighted by Gasteiger charge is -2.38. The van der Waals surface area contributed by atoms with Gasteiger partial charge in [0.2, 0.25) is 0 Å². The van der Waals surface area contributed by atoms with E-state index >= 15 is 0 Å². The van der Waals surface area contributed by atoms with Crippen LogP contribution in [0.15, 0.2) is 30.3 Å². The third-order valence-corrected chi connectivity index (χ3v) is 7.67. The average molecular weight is 458 g/mol. The van der Waals surface area contributed by atoms with Gasteiger partial charge in [0.25, 0.3) is 0 Å². The van der Waals surface area contributed by atoms with Gasteiger partial charge in [0.05, 0.1) is 0 Å². The molecule has 0 bridgehead atoms. The Kier molecular flexibility index (Phi) is 18.8. The van der Waals surface area contributed by atoms with E-state index in [1.807, 2.05) is 0 Å². The molecule has 33 heavy (non-hydrogen) atoms. The van der Waals surface area contributed by atoms with Crippen molar-refractivity contribution in [3.63, 3.8) is 0 Å². The van der Waals surface area contributed by atoms with Crippen molar-refractivity contribution in [2.24, 2.45) is 5.73 Å². The molecule has 0 aliphatic carbocycles. The Morgan fingerprint density at radius 2 is 0.939 bits per heavy atom. The molecule has 0 saturated heterocycles. The van der Waals surface area contributed by atoms with Crippen molar-refractivity contribution in [2.75, 3.05) is 0 Å². The zero-order valence-electron chi connectivity index (χ0n) is 22.9. The molecule has 1 heteroatoms. The Morgan fingerprint density at radius 3 is 1.33 bits per heavy atom. The molecule has 1 aromatic carbocycles. The molecule has 0 spiro atoms. The second-order valence-corrected chi connectivity index (χ2v) is 10.8. The molecule has 0 saturated carbocycles. The van der Waals surface area contributed by atoms with Crippen LogP contribution < -0.4 is 5.73 Å². The van der Waals surface area contributed by atoms with Gasteiger partial charge in [-0.1, -0.05) is 167 Å². The molecule has 2 N–H and O–H groups in total. The van der Waals surface area contributed by atoms with Gasteiger partial charge in [-0.3, -0.25) is 0 Å². The molecule has 1 unspecified atom stereocenters. The topological polar surface area (TPSA) is 26.0 Å². The van der Waals surface area contributed by atoms with Gasteiger partial charge in [-0.2, -0.15) is 0 Å². The standard InChI is InChI=1S/C32H59N/c1-4-7-8-9-10-11-12-13-14-15-16-17-18-19-20-24-27-31(30-25-22-21-23-26-30)32(33,28-5-2)29-6-3/h21-23,25-26,31H,4-20,24,27-29,33H2,1-3H3. The van der Waals surface area contributed by atoms with Crippen LogP contribution in [0.2, 0.25) is 0 Å². The number of nitrogens with two attached hydrogens (primary N) is 1. The summed E-state index contributed by atoms with van der Waals surface area (Å²) in [7, 11) is 0. The maximum absolute atomic E-state index is 7.06. The van der Waals surface area contributed by atoms with E-state index in [0.29, 0.717) is 5.92 Å². The third-order valence-electron chi connectivity index (χ3n) is 7.67.